The molecule has 3 nitrogen and oxygen atoms in total. The Bertz CT molecular complexity index is 607. The lowest BCUT2D eigenvalue weighted by Crippen LogP contribution is -1.93. The zero-order valence-electron chi connectivity index (χ0n) is 8.70. The molecule has 4 heteroatoms. The lowest BCUT2D eigenvalue weighted by molar-refractivity contribution is 0.101. The second kappa shape index (κ2) is 4.11. The molecule has 0 unspecified atom stereocenters. The molecule has 0 bridgehead atoms. The highest BCUT2D eigenvalue weighted by molar-refractivity contribution is 9.10. The van der Waals surface area contributed by atoms with E-state index in [0.29, 0.717) is 5.56 Å². The van der Waals surface area contributed by atoms with Crippen molar-refractivity contribution in [3.05, 3.63) is 34.4 Å². The number of Topliss-reactive ketones (excluding diaryl/α,β-unsaturated/α-hetero) is 1. The van der Waals surface area contributed by atoms with Gasteiger partial charge in [0.25, 0.3) is 0 Å². The van der Waals surface area contributed by atoms with E-state index in [0.717, 1.165) is 15.4 Å². The van der Waals surface area contributed by atoms with Gasteiger partial charge < -0.3 is 4.57 Å². The number of carbonyl (C=O) groups excluding carboxylic acids is 1. The van der Waals surface area contributed by atoms with E-state index < -0.39 is 0 Å². The van der Waals surface area contributed by atoms with E-state index in [2.05, 4.69) is 22.0 Å². The van der Waals surface area contributed by atoms with E-state index in [9.17, 15) is 4.79 Å². The number of aromatic nitrogens is 1. The molecule has 1 heterocycles. The topological polar surface area (TPSA) is 45.8 Å². The first-order valence-corrected chi connectivity index (χ1v) is 5.59. The third kappa shape index (κ3) is 1.74. The van der Waals surface area contributed by atoms with Crippen LogP contribution in [-0.4, -0.2) is 10.4 Å². The summed E-state index contributed by atoms with van der Waals surface area (Å²) in [6.45, 7) is 1.79. The van der Waals surface area contributed by atoms with E-state index in [-0.39, 0.29) is 12.3 Å². The van der Waals surface area contributed by atoms with E-state index in [4.69, 9.17) is 5.26 Å². The van der Waals surface area contributed by atoms with E-state index in [1.54, 1.807) is 10.8 Å². The van der Waals surface area contributed by atoms with Crippen LogP contribution in [0.3, 0.4) is 0 Å². The Hall–Kier alpha value is -1.60. The molecule has 0 saturated heterocycles. The summed E-state index contributed by atoms with van der Waals surface area (Å²) in [4.78, 5) is 11.5. The minimum atomic E-state index is 0.0137. The highest BCUT2D eigenvalue weighted by atomic mass is 79.9. The number of nitriles is 1. The van der Waals surface area contributed by atoms with Crippen molar-refractivity contribution >= 4 is 32.6 Å². The monoisotopic (exact) mass is 276 g/mol. The van der Waals surface area contributed by atoms with Crippen LogP contribution in [0.5, 0.6) is 0 Å². The van der Waals surface area contributed by atoms with E-state index in [1.165, 1.54) is 6.92 Å². The van der Waals surface area contributed by atoms with Crippen molar-refractivity contribution in [2.45, 2.75) is 13.5 Å². The molecule has 2 aromatic rings. The van der Waals surface area contributed by atoms with Gasteiger partial charge in [0.15, 0.2) is 5.78 Å². The predicted octanol–water partition coefficient (Wildman–Crippen LogP) is 3.13. The van der Waals surface area contributed by atoms with Crippen molar-refractivity contribution in [1.82, 2.24) is 4.57 Å². The number of benzene rings is 1. The second-order valence-electron chi connectivity index (χ2n) is 3.55. The minimum absolute atomic E-state index is 0.0137. The Balaban J connectivity index is 2.77. The van der Waals surface area contributed by atoms with Crippen LogP contribution in [0.15, 0.2) is 28.9 Å². The summed E-state index contributed by atoms with van der Waals surface area (Å²) in [5, 5.41) is 9.60. The maximum Gasteiger partial charge on any atom is 0.161 e. The molecule has 1 aromatic heterocycles. The summed E-state index contributed by atoms with van der Waals surface area (Å²) >= 11 is 3.38. The fourth-order valence-corrected chi connectivity index (χ4v) is 2.12. The quantitative estimate of drug-likeness (QED) is 0.792. The average molecular weight is 277 g/mol. The van der Waals surface area contributed by atoms with Crippen LogP contribution in [0, 0.1) is 11.3 Å². The summed E-state index contributed by atoms with van der Waals surface area (Å²) in [6, 6.07) is 7.79. The predicted molar refractivity (Wildman–Crippen MR) is 65.3 cm³/mol. The van der Waals surface area contributed by atoms with Crippen LogP contribution in [-0.2, 0) is 6.54 Å². The lowest BCUT2D eigenvalue weighted by atomic mass is 10.1. The van der Waals surface area contributed by atoms with Crippen molar-refractivity contribution in [3.63, 3.8) is 0 Å². The van der Waals surface area contributed by atoms with Gasteiger partial charge in [-0.05, 0) is 25.1 Å². The largest absolute Gasteiger partial charge is 0.333 e. The molecule has 0 radical (unpaired) electrons. The van der Waals surface area contributed by atoms with E-state index in [1.807, 2.05) is 18.2 Å². The van der Waals surface area contributed by atoms with Crippen molar-refractivity contribution in [2.75, 3.05) is 0 Å². The number of hydrogen-bond acceptors (Lipinski definition) is 2. The molecule has 0 spiro atoms. The van der Waals surface area contributed by atoms with Crippen LogP contribution in [0.1, 0.15) is 17.3 Å². The molecule has 2 rings (SSSR count). The molecule has 0 fully saturated rings. The molecule has 0 aliphatic rings. The molecule has 0 amide bonds. The van der Waals surface area contributed by atoms with Gasteiger partial charge in [-0.25, -0.2) is 0 Å². The van der Waals surface area contributed by atoms with Gasteiger partial charge in [-0.15, -0.1) is 0 Å². The molecule has 80 valence electrons. The van der Waals surface area contributed by atoms with Crippen LogP contribution in [0.25, 0.3) is 10.9 Å². The number of carbonyl (C=O) groups is 1. The molecule has 0 saturated carbocycles. The van der Waals surface area contributed by atoms with Gasteiger partial charge in [0, 0.05) is 27.1 Å². The highest BCUT2D eigenvalue weighted by Gasteiger charge is 2.11. The van der Waals surface area contributed by atoms with Crippen molar-refractivity contribution in [1.29, 1.82) is 5.26 Å². The standard InChI is InChI=1S/C12H9BrN2O/c1-8(16)11-7-15(5-4-14)12-3-2-9(13)6-10(11)12/h2-3,6-7H,5H2,1H3. The SMILES string of the molecule is CC(=O)c1cn(CC#N)c2ccc(Br)cc12. The van der Waals surface area contributed by atoms with Crippen LogP contribution >= 0.6 is 15.9 Å². The first kappa shape index (κ1) is 10.9. The van der Waals surface area contributed by atoms with Gasteiger partial charge in [-0.1, -0.05) is 15.9 Å². The molecular weight excluding hydrogens is 268 g/mol. The summed E-state index contributed by atoms with van der Waals surface area (Å²) in [7, 11) is 0. The fourth-order valence-electron chi connectivity index (χ4n) is 1.76. The van der Waals surface area contributed by atoms with Gasteiger partial charge >= 0.3 is 0 Å². The molecule has 16 heavy (non-hydrogen) atoms. The first-order valence-electron chi connectivity index (χ1n) is 4.80. The summed E-state index contributed by atoms with van der Waals surface area (Å²) in [5.41, 5.74) is 1.57. The number of fused-ring (bicyclic) bond motifs is 1. The number of halogens is 1. The van der Waals surface area contributed by atoms with Crippen LogP contribution in [0.4, 0.5) is 0 Å². The summed E-state index contributed by atoms with van der Waals surface area (Å²) in [6.07, 6.45) is 1.74. The Morgan fingerprint density at radius 1 is 1.56 bits per heavy atom. The number of nitrogens with zero attached hydrogens (tertiary/aromatic N) is 2. The Morgan fingerprint density at radius 3 is 2.94 bits per heavy atom. The Kier molecular flexibility index (Phi) is 2.80. The summed E-state index contributed by atoms with van der Waals surface area (Å²) < 4.78 is 2.72. The molecule has 1 aromatic carbocycles. The molecule has 0 aliphatic heterocycles. The lowest BCUT2D eigenvalue weighted by Gasteiger charge is -1.98. The molecule has 0 atom stereocenters. The van der Waals surface area contributed by atoms with Crippen molar-refractivity contribution < 1.29 is 4.79 Å². The Morgan fingerprint density at radius 2 is 2.31 bits per heavy atom. The smallest absolute Gasteiger partial charge is 0.161 e. The second-order valence-corrected chi connectivity index (χ2v) is 4.46. The number of ketones is 1. The third-order valence-electron chi connectivity index (χ3n) is 2.46. The van der Waals surface area contributed by atoms with Crippen molar-refractivity contribution in [3.8, 4) is 6.07 Å². The van der Waals surface area contributed by atoms with E-state index >= 15 is 0 Å². The number of hydrogen-bond donors (Lipinski definition) is 0. The maximum atomic E-state index is 11.5. The molecular formula is C12H9BrN2O. The number of rotatable bonds is 2. The Labute approximate surface area is 101 Å². The van der Waals surface area contributed by atoms with Crippen molar-refractivity contribution in [2.24, 2.45) is 0 Å². The van der Waals surface area contributed by atoms with Gasteiger partial charge in [-0.2, -0.15) is 5.26 Å². The van der Waals surface area contributed by atoms with Crippen LogP contribution in [0.2, 0.25) is 0 Å². The van der Waals surface area contributed by atoms with Gasteiger partial charge in [0.2, 0.25) is 0 Å². The van der Waals surface area contributed by atoms with Gasteiger partial charge in [0.1, 0.15) is 6.54 Å². The average Bonchev–Trinajstić information content (AvgIpc) is 2.57. The third-order valence-corrected chi connectivity index (χ3v) is 2.96. The fraction of sp³-hybridized carbons (Fsp3) is 0.167. The highest BCUT2D eigenvalue weighted by Crippen LogP contribution is 2.25. The zero-order valence-corrected chi connectivity index (χ0v) is 10.3. The summed E-state index contributed by atoms with van der Waals surface area (Å²) in [5.74, 6) is 0.0137. The molecule has 0 N–H and O–H groups in total. The molecule has 0 aliphatic carbocycles. The van der Waals surface area contributed by atoms with Gasteiger partial charge in [-0.3, -0.25) is 4.79 Å². The minimum Gasteiger partial charge on any atom is -0.333 e. The normalized spacial score (nSPS) is 10.3. The zero-order chi connectivity index (χ0) is 11.7. The maximum absolute atomic E-state index is 11.5. The van der Waals surface area contributed by atoms with Crippen LogP contribution < -0.4 is 0 Å². The first-order chi connectivity index (χ1) is 7.63. The van der Waals surface area contributed by atoms with Gasteiger partial charge in [0.05, 0.1) is 6.07 Å².